The van der Waals surface area contributed by atoms with Crippen LogP contribution in [0.2, 0.25) is 0 Å². The maximum absolute atomic E-state index is 9.69. The molecule has 74 valence electrons. The fourth-order valence-corrected chi connectivity index (χ4v) is 1.48. The molecule has 1 aromatic carbocycles. The summed E-state index contributed by atoms with van der Waals surface area (Å²) in [5.41, 5.74) is 5.72. The molecule has 0 aliphatic rings. The van der Waals surface area contributed by atoms with Crippen molar-refractivity contribution in [2.75, 3.05) is 0 Å². The van der Waals surface area contributed by atoms with Gasteiger partial charge in [-0.1, -0.05) is 7.43 Å². The molecular weight excluding hydrogens is 160 g/mol. The Balaban J connectivity index is 0.00000144. The van der Waals surface area contributed by atoms with Crippen LogP contribution in [0.4, 0.5) is 0 Å². The van der Waals surface area contributed by atoms with Crippen molar-refractivity contribution in [1.29, 1.82) is 0 Å². The van der Waals surface area contributed by atoms with Crippen LogP contribution >= 0.6 is 0 Å². The number of hydrogen-bond donors (Lipinski definition) is 1. The highest BCUT2D eigenvalue weighted by Crippen LogP contribution is 2.30. The molecular formula is C12H20O. The first-order valence-corrected chi connectivity index (χ1v) is 4.22. The van der Waals surface area contributed by atoms with Crippen LogP contribution in [0, 0.1) is 34.6 Å². The van der Waals surface area contributed by atoms with Crippen LogP contribution in [0.15, 0.2) is 0 Å². The third kappa shape index (κ3) is 1.69. The molecule has 13 heavy (non-hydrogen) atoms. The van der Waals surface area contributed by atoms with Gasteiger partial charge in [0.1, 0.15) is 5.75 Å². The van der Waals surface area contributed by atoms with Gasteiger partial charge in [0.15, 0.2) is 0 Å². The number of phenolic OH excluding ortho intramolecular Hbond substituents is 1. The lowest BCUT2D eigenvalue weighted by atomic mass is 9.94. The Labute approximate surface area is 81.4 Å². The van der Waals surface area contributed by atoms with E-state index in [-0.39, 0.29) is 7.43 Å². The summed E-state index contributed by atoms with van der Waals surface area (Å²) in [6.07, 6.45) is 0. The van der Waals surface area contributed by atoms with Crippen LogP contribution in [0.5, 0.6) is 5.75 Å². The molecule has 1 nitrogen and oxygen atoms in total. The SMILES string of the molecule is C.Cc1c(C)c(C)c(O)c(C)c1C. The van der Waals surface area contributed by atoms with Gasteiger partial charge in [0, 0.05) is 0 Å². The Morgan fingerprint density at radius 3 is 1.15 bits per heavy atom. The summed E-state index contributed by atoms with van der Waals surface area (Å²) in [6.45, 7) is 10.1. The average Bonchev–Trinajstić information content (AvgIpc) is 2.08. The van der Waals surface area contributed by atoms with Crippen LogP contribution in [-0.2, 0) is 0 Å². The standard InChI is InChI=1S/C11H16O.CH4/c1-6-7(2)9(4)11(12)10(5)8(6)3;/h12H,1-5H3;1H4. The molecule has 0 heterocycles. The predicted molar refractivity (Wildman–Crippen MR) is 58.5 cm³/mol. The Hall–Kier alpha value is -0.980. The zero-order valence-electron chi connectivity index (χ0n) is 8.45. The number of benzene rings is 1. The van der Waals surface area contributed by atoms with E-state index in [0.717, 1.165) is 11.1 Å². The molecule has 0 unspecified atom stereocenters. The van der Waals surface area contributed by atoms with Gasteiger partial charge in [-0.25, -0.2) is 0 Å². The monoisotopic (exact) mass is 180 g/mol. The second kappa shape index (κ2) is 3.82. The maximum Gasteiger partial charge on any atom is 0.121 e. The summed E-state index contributed by atoms with van der Waals surface area (Å²) in [5.74, 6) is 0.454. The largest absolute Gasteiger partial charge is 0.507 e. The molecule has 1 N–H and O–H groups in total. The Morgan fingerprint density at radius 2 is 0.846 bits per heavy atom. The molecule has 0 amide bonds. The Morgan fingerprint density at radius 1 is 0.615 bits per heavy atom. The molecule has 0 radical (unpaired) electrons. The molecule has 0 saturated carbocycles. The minimum Gasteiger partial charge on any atom is -0.507 e. The summed E-state index contributed by atoms with van der Waals surface area (Å²) in [4.78, 5) is 0. The van der Waals surface area contributed by atoms with Crippen molar-refractivity contribution >= 4 is 0 Å². The highest BCUT2D eigenvalue weighted by atomic mass is 16.3. The first-order chi connectivity index (χ1) is 5.46. The van der Waals surface area contributed by atoms with E-state index in [1.54, 1.807) is 0 Å². The minimum atomic E-state index is 0. The molecule has 0 saturated heterocycles. The molecule has 0 aliphatic carbocycles. The lowest BCUT2D eigenvalue weighted by molar-refractivity contribution is 0.465. The molecule has 0 atom stereocenters. The Bertz CT molecular complexity index is 219. The number of aromatic hydroxyl groups is 1. The van der Waals surface area contributed by atoms with Gasteiger partial charge >= 0.3 is 0 Å². The van der Waals surface area contributed by atoms with E-state index in [2.05, 4.69) is 20.8 Å². The van der Waals surface area contributed by atoms with Gasteiger partial charge in [-0.15, -0.1) is 0 Å². The maximum atomic E-state index is 9.69. The van der Waals surface area contributed by atoms with Crippen molar-refractivity contribution in [2.45, 2.75) is 42.0 Å². The summed E-state index contributed by atoms with van der Waals surface area (Å²) in [7, 11) is 0. The number of phenols is 1. The van der Waals surface area contributed by atoms with Crippen molar-refractivity contribution < 1.29 is 5.11 Å². The molecule has 0 fully saturated rings. The van der Waals surface area contributed by atoms with Crippen LogP contribution in [-0.4, -0.2) is 5.11 Å². The van der Waals surface area contributed by atoms with Gasteiger partial charge in [-0.3, -0.25) is 0 Å². The van der Waals surface area contributed by atoms with Crippen molar-refractivity contribution in [3.63, 3.8) is 0 Å². The van der Waals surface area contributed by atoms with E-state index in [1.807, 2.05) is 13.8 Å². The summed E-state index contributed by atoms with van der Waals surface area (Å²) < 4.78 is 0. The summed E-state index contributed by atoms with van der Waals surface area (Å²) in [6, 6.07) is 0. The predicted octanol–water partition coefficient (Wildman–Crippen LogP) is 3.57. The first kappa shape index (κ1) is 12.0. The highest BCUT2D eigenvalue weighted by molar-refractivity contribution is 5.52. The smallest absolute Gasteiger partial charge is 0.121 e. The normalized spacial score (nSPS) is 9.62. The highest BCUT2D eigenvalue weighted by Gasteiger charge is 2.09. The van der Waals surface area contributed by atoms with E-state index in [4.69, 9.17) is 0 Å². The number of hydrogen-bond acceptors (Lipinski definition) is 1. The lowest BCUT2D eigenvalue weighted by Crippen LogP contribution is -1.95. The quantitative estimate of drug-likeness (QED) is 0.647. The molecule has 0 bridgehead atoms. The number of rotatable bonds is 0. The summed E-state index contributed by atoms with van der Waals surface area (Å²) in [5, 5.41) is 9.69. The molecule has 1 heteroatoms. The fraction of sp³-hybridized carbons (Fsp3) is 0.500. The van der Waals surface area contributed by atoms with Crippen LogP contribution in [0.1, 0.15) is 35.2 Å². The molecule has 0 aliphatic heterocycles. The first-order valence-electron chi connectivity index (χ1n) is 4.22. The van der Waals surface area contributed by atoms with Gasteiger partial charge in [0.05, 0.1) is 0 Å². The van der Waals surface area contributed by atoms with E-state index in [1.165, 1.54) is 16.7 Å². The third-order valence-corrected chi connectivity index (χ3v) is 2.96. The van der Waals surface area contributed by atoms with Gasteiger partial charge < -0.3 is 5.11 Å². The van der Waals surface area contributed by atoms with Crippen molar-refractivity contribution in [1.82, 2.24) is 0 Å². The fourth-order valence-electron chi connectivity index (χ4n) is 1.48. The van der Waals surface area contributed by atoms with Crippen LogP contribution < -0.4 is 0 Å². The van der Waals surface area contributed by atoms with Crippen molar-refractivity contribution in [2.24, 2.45) is 0 Å². The van der Waals surface area contributed by atoms with E-state index in [9.17, 15) is 5.11 Å². The molecule has 1 aromatic rings. The van der Waals surface area contributed by atoms with Gasteiger partial charge in [0.2, 0.25) is 0 Å². The Kier molecular flexibility index (Phi) is 3.53. The lowest BCUT2D eigenvalue weighted by Gasteiger charge is -2.13. The van der Waals surface area contributed by atoms with Crippen LogP contribution in [0.25, 0.3) is 0 Å². The zero-order chi connectivity index (χ0) is 9.46. The molecule has 1 rings (SSSR count). The third-order valence-electron chi connectivity index (χ3n) is 2.96. The van der Waals surface area contributed by atoms with Crippen molar-refractivity contribution in [3.05, 3.63) is 27.8 Å². The zero-order valence-corrected chi connectivity index (χ0v) is 8.45. The van der Waals surface area contributed by atoms with Crippen LogP contribution in [0.3, 0.4) is 0 Å². The van der Waals surface area contributed by atoms with Crippen molar-refractivity contribution in [3.8, 4) is 5.75 Å². The van der Waals surface area contributed by atoms with Gasteiger partial charge in [-0.05, 0) is 62.4 Å². The minimum absolute atomic E-state index is 0. The molecule has 0 aromatic heterocycles. The average molecular weight is 180 g/mol. The second-order valence-corrected chi connectivity index (χ2v) is 3.47. The van der Waals surface area contributed by atoms with E-state index in [0.29, 0.717) is 5.75 Å². The summed E-state index contributed by atoms with van der Waals surface area (Å²) >= 11 is 0. The van der Waals surface area contributed by atoms with Gasteiger partial charge in [-0.2, -0.15) is 0 Å². The van der Waals surface area contributed by atoms with E-state index < -0.39 is 0 Å². The second-order valence-electron chi connectivity index (χ2n) is 3.47. The molecule has 0 spiro atoms. The van der Waals surface area contributed by atoms with Gasteiger partial charge in [0.25, 0.3) is 0 Å². The van der Waals surface area contributed by atoms with E-state index >= 15 is 0 Å². The topological polar surface area (TPSA) is 20.2 Å².